The van der Waals surface area contributed by atoms with E-state index in [9.17, 15) is 4.79 Å². The molecule has 0 aliphatic rings. The number of halogens is 2. The normalized spacial score (nSPS) is 9.63. The van der Waals surface area contributed by atoms with Crippen LogP contribution < -0.4 is 5.73 Å². The van der Waals surface area contributed by atoms with E-state index in [0.717, 1.165) is 28.6 Å². The number of rotatable bonds is 2. The van der Waals surface area contributed by atoms with Gasteiger partial charge in [0.25, 0.3) is 5.91 Å². The number of primary amides is 1. The van der Waals surface area contributed by atoms with E-state index in [0.29, 0.717) is 0 Å². The fraction of sp³-hybridized carbons (Fsp3) is 0.308. The molecule has 0 aliphatic carbocycles. The molecule has 0 bridgehead atoms. The number of benzene rings is 1. The van der Waals surface area contributed by atoms with Crippen LogP contribution in [0.4, 0.5) is 0 Å². The van der Waals surface area contributed by atoms with E-state index in [1.54, 1.807) is 0 Å². The highest BCUT2D eigenvalue weighted by atomic mass is 35.5. The summed E-state index contributed by atoms with van der Waals surface area (Å²) in [4.78, 5) is 19.6. The molecular formula is C13H17Cl2N3O. The van der Waals surface area contributed by atoms with Crippen molar-refractivity contribution < 1.29 is 4.79 Å². The number of carbonyl (C=O) groups is 1. The zero-order valence-electron chi connectivity index (χ0n) is 11.1. The van der Waals surface area contributed by atoms with Gasteiger partial charge in [0.05, 0.1) is 11.2 Å². The standard InChI is InChI=1S/C13H15N3O.2ClH/c1-4-9-11-8(3)7(2)5-6-10(11)16-13(15-9)12(14)17;;/h5-6H,4H2,1-3H3,(H2,14,17);2*1H. The van der Waals surface area contributed by atoms with Crippen LogP contribution in [0.2, 0.25) is 0 Å². The highest BCUT2D eigenvalue weighted by molar-refractivity contribution is 5.93. The summed E-state index contributed by atoms with van der Waals surface area (Å²) in [6.07, 6.45) is 0.754. The Hall–Kier alpha value is -1.39. The first kappa shape index (κ1) is 17.6. The Labute approximate surface area is 124 Å². The highest BCUT2D eigenvalue weighted by Crippen LogP contribution is 2.23. The molecule has 1 aromatic heterocycles. The van der Waals surface area contributed by atoms with Crippen molar-refractivity contribution in [1.82, 2.24) is 9.97 Å². The molecule has 4 nitrogen and oxygen atoms in total. The van der Waals surface area contributed by atoms with Crippen molar-refractivity contribution >= 4 is 41.6 Å². The molecule has 0 radical (unpaired) electrons. The van der Waals surface area contributed by atoms with Gasteiger partial charge in [0.15, 0.2) is 0 Å². The molecule has 104 valence electrons. The molecule has 0 saturated heterocycles. The van der Waals surface area contributed by atoms with E-state index >= 15 is 0 Å². The first-order valence-electron chi connectivity index (χ1n) is 5.61. The van der Waals surface area contributed by atoms with Crippen LogP contribution in [0, 0.1) is 13.8 Å². The molecule has 0 unspecified atom stereocenters. The summed E-state index contributed by atoms with van der Waals surface area (Å²) in [7, 11) is 0. The average molecular weight is 302 g/mol. The molecule has 1 aromatic carbocycles. The minimum Gasteiger partial charge on any atom is -0.363 e. The smallest absolute Gasteiger partial charge is 0.286 e. The third-order valence-electron chi connectivity index (χ3n) is 3.02. The summed E-state index contributed by atoms with van der Waals surface area (Å²) in [6.45, 7) is 6.11. The lowest BCUT2D eigenvalue weighted by Gasteiger charge is -2.10. The number of nitrogens with zero attached hydrogens (tertiary/aromatic N) is 2. The van der Waals surface area contributed by atoms with Crippen LogP contribution in [0.1, 0.15) is 34.4 Å². The van der Waals surface area contributed by atoms with Gasteiger partial charge >= 0.3 is 0 Å². The number of carbonyl (C=O) groups excluding carboxylic acids is 1. The molecule has 2 rings (SSSR count). The molecule has 1 heterocycles. The van der Waals surface area contributed by atoms with Crippen molar-refractivity contribution in [1.29, 1.82) is 0 Å². The van der Waals surface area contributed by atoms with E-state index in [1.807, 2.05) is 26.0 Å². The van der Waals surface area contributed by atoms with Gasteiger partial charge in [0.2, 0.25) is 5.82 Å². The van der Waals surface area contributed by atoms with E-state index in [2.05, 4.69) is 16.9 Å². The van der Waals surface area contributed by atoms with Gasteiger partial charge < -0.3 is 5.73 Å². The fourth-order valence-electron chi connectivity index (χ4n) is 1.95. The molecule has 6 heteroatoms. The maximum atomic E-state index is 11.2. The summed E-state index contributed by atoms with van der Waals surface area (Å²) in [5.41, 5.74) is 9.26. The van der Waals surface area contributed by atoms with Crippen LogP contribution in [0.5, 0.6) is 0 Å². The number of amides is 1. The predicted octanol–water partition coefficient (Wildman–Crippen LogP) is 2.75. The number of hydrogen-bond donors (Lipinski definition) is 1. The van der Waals surface area contributed by atoms with Crippen LogP contribution >= 0.6 is 24.8 Å². The van der Waals surface area contributed by atoms with Crippen molar-refractivity contribution in [3.8, 4) is 0 Å². The number of aryl methyl sites for hydroxylation is 3. The van der Waals surface area contributed by atoms with Gasteiger partial charge in [-0.3, -0.25) is 4.79 Å². The fourth-order valence-corrected chi connectivity index (χ4v) is 1.95. The number of hydrogen-bond acceptors (Lipinski definition) is 3. The Morgan fingerprint density at radius 3 is 2.37 bits per heavy atom. The molecule has 0 saturated carbocycles. The SMILES string of the molecule is CCc1nc(C(N)=O)nc2ccc(C)c(C)c12.Cl.Cl. The monoisotopic (exact) mass is 301 g/mol. The maximum absolute atomic E-state index is 11.2. The molecule has 0 fully saturated rings. The molecule has 0 atom stereocenters. The lowest BCUT2D eigenvalue weighted by Crippen LogP contribution is -2.16. The van der Waals surface area contributed by atoms with Crippen LogP contribution in [-0.4, -0.2) is 15.9 Å². The van der Waals surface area contributed by atoms with Gasteiger partial charge in [0, 0.05) is 5.39 Å². The second-order valence-electron chi connectivity index (χ2n) is 4.11. The second kappa shape index (κ2) is 6.68. The van der Waals surface area contributed by atoms with Gasteiger partial charge in [-0.15, -0.1) is 24.8 Å². The lowest BCUT2D eigenvalue weighted by molar-refractivity contribution is 0.0990. The first-order valence-corrected chi connectivity index (χ1v) is 5.61. The van der Waals surface area contributed by atoms with E-state index in [1.165, 1.54) is 5.56 Å². The Kier molecular flexibility index (Phi) is 6.19. The Balaban J connectivity index is 0.00000162. The Bertz CT molecular complexity index is 614. The number of nitrogens with two attached hydrogens (primary N) is 1. The minimum absolute atomic E-state index is 0. The molecule has 0 spiro atoms. The van der Waals surface area contributed by atoms with Crippen LogP contribution in [0.3, 0.4) is 0 Å². The molecule has 1 amide bonds. The van der Waals surface area contributed by atoms with Crippen molar-refractivity contribution in [2.45, 2.75) is 27.2 Å². The number of aromatic nitrogens is 2. The lowest BCUT2D eigenvalue weighted by atomic mass is 10.0. The third kappa shape index (κ3) is 3.14. The number of fused-ring (bicyclic) bond motifs is 1. The minimum atomic E-state index is -0.583. The molecule has 2 N–H and O–H groups in total. The summed E-state index contributed by atoms with van der Waals surface area (Å²) >= 11 is 0. The summed E-state index contributed by atoms with van der Waals surface area (Å²) in [5.74, 6) is -0.488. The van der Waals surface area contributed by atoms with Crippen LogP contribution in [0.15, 0.2) is 12.1 Å². The van der Waals surface area contributed by atoms with E-state index < -0.39 is 5.91 Å². The van der Waals surface area contributed by atoms with E-state index in [4.69, 9.17) is 5.73 Å². The van der Waals surface area contributed by atoms with Gasteiger partial charge in [-0.1, -0.05) is 13.0 Å². The van der Waals surface area contributed by atoms with Gasteiger partial charge in [-0.05, 0) is 37.5 Å². The summed E-state index contributed by atoms with van der Waals surface area (Å²) in [6, 6.07) is 3.90. The van der Waals surface area contributed by atoms with E-state index in [-0.39, 0.29) is 30.6 Å². The molecule has 2 aromatic rings. The molecular weight excluding hydrogens is 285 g/mol. The second-order valence-corrected chi connectivity index (χ2v) is 4.11. The zero-order chi connectivity index (χ0) is 12.6. The van der Waals surface area contributed by atoms with Gasteiger partial charge in [-0.25, -0.2) is 9.97 Å². The Morgan fingerprint density at radius 1 is 1.21 bits per heavy atom. The topological polar surface area (TPSA) is 68.9 Å². The van der Waals surface area contributed by atoms with Gasteiger partial charge in [0.1, 0.15) is 0 Å². The zero-order valence-corrected chi connectivity index (χ0v) is 12.7. The largest absolute Gasteiger partial charge is 0.363 e. The molecule has 0 aliphatic heterocycles. The van der Waals surface area contributed by atoms with Crippen LogP contribution in [-0.2, 0) is 6.42 Å². The third-order valence-corrected chi connectivity index (χ3v) is 3.02. The quantitative estimate of drug-likeness (QED) is 0.927. The summed E-state index contributed by atoms with van der Waals surface area (Å²) in [5, 5.41) is 1.04. The van der Waals surface area contributed by atoms with Crippen molar-refractivity contribution in [2.24, 2.45) is 5.73 Å². The van der Waals surface area contributed by atoms with Gasteiger partial charge in [-0.2, -0.15) is 0 Å². The predicted molar refractivity (Wildman–Crippen MR) is 81.4 cm³/mol. The summed E-state index contributed by atoms with van der Waals surface area (Å²) < 4.78 is 0. The highest BCUT2D eigenvalue weighted by Gasteiger charge is 2.12. The maximum Gasteiger partial charge on any atom is 0.286 e. The first-order chi connectivity index (χ1) is 8.04. The molecule has 19 heavy (non-hydrogen) atoms. The van der Waals surface area contributed by atoms with Crippen molar-refractivity contribution in [2.75, 3.05) is 0 Å². The van der Waals surface area contributed by atoms with Crippen molar-refractivity contribution in [3.05, 3.63) is 34.8 Å². The van der Waals surface area contributed by atoms with Crippen molar-refractivity contribution in [3.63, 3.8) is 0 Å². The average Bonchev–Trinajstić information content (AvgIpc) is 2.32. The Morgan fingerprint density at radius 2 is 1.84 bits per heavy atom. The van der Waals surface area contributed by atoms with Crippen LogP contribution in [0.25, 0.3) is 10.9 Å².